The van der Waals surface area contributed by atoms with E-state index in [4.69, 9.17) is 0 Å². The molecule has 0 spiro atoms. The van der Waals surface area contributed by atoms with Crippen molar-refractivity contribution < 1.29 is 14.7 Å². The van der Waals surface area contributed by atoms with Crippen LogP contribution in [-0.4, -0.2) is 59.1 Å². The summed E-state index contributed by atoms with van der Waals surface area (Å²) in [6.45, 7) is 7.49. The van der Waals surface area contributed by atoms with E-state index in [-0.39, 0.29) is 30.4 Å². The lowest BCUT2D eigenvalue weighted by atomic mass is 9.86. The van der Waals surface area contributed by atoms with Crippen LogP contribution in [0.5, 0.6) is 0 Å². The van der Waals surface area contributed by atoms with Gasteiger partial charge in [-0.25, -0.2) is 0 Å². The Kier molecular flexibility index (Phi) is 7.47. The van der Waals surface area contributed by atoms with Crippen LogP contribution in [0.15, 0.2) is 0 Å². The van der Waals surface area contributed by atoms with Crippen molar-refractivity contribution in [3.63, 3.8) is 0 Å². The number of likely N-dealkylation sites (tertiary alicyclic amines) is 1. The Bertz CT molecular complexity index is 483. The van der Waals surface area contributed by atoms with Crippen molar-refractivity contribution in [3.8, 4) is 0 Å². The second-order valence-corrected chi connectivity index (χ2v) is 9.12. The highest BCUT2D eigenvalue weighted by Crippen LogP contribution is 2.28. The quantitative estimate of drug-likeness (QED) is 0.641. The first-order valence-corrected chi connectivity index (χ1v) is 10.2. The third-order valence-electron chi connectivity index (χ3n) is 5.45. The van der Waals surface area contributed by atoms with Crippen LogP contribution in [0.4, 0.5) is 0 Å². The number of carbonyl (C=O) groups is 2. The molecule has 0 aromatic rings. The molecule has 1 saturated carbocycles. The van der Waals surface area contributed by atoms with Gasteiger partial charge in [0, 0.05) is 25.2 Å². The summed E-state index contributed by atoms with van der Waals surface area (Å²) >= 11 is 0. The van der Waals surface area contributed by atoms with E-state index in [0.29, 0.717) is 6.42 Å². The summed E-state index contributed by atoms with van der Waals surface area (Å²) in [4.78, 5) is 26.5. The SMILES string of the molecule is CC(C)(C)NC(=O)CNC[C@]1(O)CCCN(CCC2CCCCC2)C1=O. The van der Waals surface area contributed by atoms with Crippen LogP contribution in [0.1, 0.15) is 72.1 Å². The molecule has 2 aliphatic rings. The number of hydrogen-bond acceptors (Lipinski definition) is 4. The first-order valence-electron chi connectivity index (χ1n) is 10.2. The Morgan fingerprint density at radius 2 is 1.92 bits per heavy atom. The third-order valence-corrected chi connectivity index (χ3v) is 5.45. The van der Waals surface area contributed by atoms with Crippen LogP contribution < -0.4 is 10.6 Å². The smallest absolute Gasteiger partial charge is 0.255 e. The molecule has 2 rings (SSSR count). The summed E-state index contributed by atoms with van der Waals surface area (Å²) in [5.74, 6) is 0.424. The van der Waals surface area contributed by atoms with Gasteiger partial charge in [-0.15, -0.1) is 0 Å². The molecular weight excluding hydrogens is 330 g/mol. The normalized spacial score (nSPS) is 25.4. The zero-order valence-electron chi connectivity index (χ0n) is 16.8. The summed E-state index contributed by atoms with van der Waals surface area (Å²) in [6.07, 6.45) is 8.82. The lowest BCUT2D eigenvalue weighted by Crippen LogP contribution is -2.59. The van der Waals surface area contributed by atoms with Crippen molar-refractivity contribution >= 4 is 11.8 Å². The summed E-state index contributed by atoms with van der Waals surface area (Å²) < 4.78 is 0. The predicted molar refractivity (Wildman–Crippen MR) is 103 cm³/mol. The minimum Gasteiger partial charge on any atom is -0.379 e. The fraction of sp³-hybridized carbons (Fsp3) is 0.900. The second kappa shape index (κ2) is 9.18. The van der Waals surface area contributed by atoms with Gasteiger partial charge in [-0.3, -0.25) is 9.59 Å². The summed E-state index contributed by atoms with van der Waals surface area (Å²) in [5, 5.41) is 16.6. The Balaban J connectivity index is 1.77. The maximum atomic E-state index is 12.8. The number of rotatable bonds is 7. The highest BCUT2D eigenvalue weighted by molar-refractivity contribution is 5.86. The first-order chi connectivity index (χ1) is 12.2. The summed E-state index contributed by atoms with van der Waals surface area (Å²) in [6, 6.07) is 0. The lowest BCUT2D eigenvalue weighted by molar-refractivity contribution is -0.157. The van der Waals surface area contributed by atoms with Gasteiger partial charge in [0.05, 0.1) is 6.54 Å². The fourth-order valence-electron chi connectivity index (χ4n) is 4.10. The molecule has 2 amide bonds. The molecule has 150 valence electrons. The average molecular weight is 368 g/mol. The molecule has 1 saturated heterocycles. The van der Waals surface area contributed by atoms with Gasteiger partial charge in [0.25, 0.3) is 5.91 Å². The van der Waals surface area contributed by atoms with Gasteiger partial charge in [-0.05, 0) is 46.0 Å². The van der Waals surface area contributed by atoms with E-state index in [2.05, 4.69) is 10.6 Å². The van der Waals surface area contributed by atoms with Crippen molar-refractivity contribution in [1.29, 1.82) is 0 Å². The van der Waals surface area contributed by atoms with Crippen LogP contribution in [0.2, 0.25) is 0 Å². The van der Waals surface area contributed by atoms with Crippen molar-refractivity contribution in [2.24, 2.45) is 5.92 Å². The average Bonchev–Trinajstić information content (AvgIpc) is 2.56. The molecule has 0 aromatic heterocycles. The van der Waals surface area contributed by atoms with Crippen LogP contribution in [0.25, 0.3) is 0 Å². The van der Waals surface area contributed by atoms with Crippen molar-refractivity contribution in [2.75, 3.05) is 26.2 Å². The number of aliphatic hydroxyl groups is 1. The topological polar surface area (TPSA) is 81.7 Å². The fourth-order valence-corrected chi connectivity index (χ4v) is 4.10. The van der Waals surface area contributed by atoms with E-state index >= 15 is 0 Å². The molecule has 1 aliphatic heterocycles. The van der Waals surface area contributed by atoms with Crippen LogP contribution in [0, 0.1) is 5.92 Å². The first kappa shape index (κ1) is 21.2. The monoisotopic (exact) mass is 367 g/mol. The molecule has 0 aromatic carbocycles. The molecule has 1 aliphatic carbocycles. The Labute approximate surface area is 158 Å². The van der Waals surface area contributed by atoms with Gasteiger partial charge in [-0.1, -0.05) is 32.1 Å². The number of carbonyl (C=O) groups excluding carboxylic acids is 2. The van der Waals surface area contributed by atoms with Crippen LogP contribution >= 0.6 is 0 Å². The molecule has 1 heterocycles. The van der Waals surface area contributed by atoms with Crippen LogP contribution in [0.3, 0.4) is 0 Å². The maximum absolute atomic E-state index is 12.8. The standard InChI is InChI=1S/C20H37N3O3/c1-19(2,3)22-17(24)14-21-15-20(26)11-7-12-23(18(20)25)13-10-16-8-5-4-6-9-16/h16,21,26H,4-15H2,1-3H3,(H,22,24)/t20-/m1/s1. The largest absolute Gasteiger partial charge is 0.379 e. The highest BCUT2D eigenvalue weighted by atomic mass is 16.3. The van der Waals surface area contributed by atoms with Gasteiger partial charge < -0.3 is 20.6 Å². The third kappa shape index (κ3) is 6.54. The molecule has 0 bridgehead atoms. The lowest BCUT2D eigenvalue weighted by Gasteiger charge is -2.39. The Morgan fingerprint density at radius 1 is 1.23 bits per heavy atom. The van der Waals surface area contributed by atoms with E-state index in [1.165, 1.54) is 32.1 Å². The van der Waals surface area contributed by atoms with Gasteiger partial charge in [0.15, 0.2) is 5.60 Å². The second-order valence-electron chi connectivity index (χ2n) is 9.12. The molecular formula is C20H37N3O3. The molecule has 0 unspecified atom stereocenters. The van der Waals surface area contributed by atoms with E-state index in [9.17, 15) is 14.7 Å². The van der Waals surface area contributed by atoms with Crippen molar-refractivity contribution in [1.82, 2.24) is 15.5 Å². The molecule has 1 atom stereocenters. The maximum Gasteiger partial charge on any atom is 0.255 e. The molecule has 0 radical (unpaired) electrons. The Hall–Kier alpha value is -1.14. The zero-order valence-corrected chi connectivity index (χ0v) is 16.8. The van der Waals surface area contributed by atoms with Crippen LogP contribution in [-0.2, 0) is 9.59 Å². The molecule has 6 heteroatoms. The molecule has 3 N–H and O–H groups in total. The van der Waals surface area contributed by atoms with Gasteiger partial charge in [-0.2, -0.15) is 0 Å². The summed E-state index contributed by atoms with van der Waals surface area (Å²) in [5.41, 5.74) is -1.67. The predicted octanol–water partition coefficient (Wildman–Crippen LogP) is 1.81. The van der Waals surface area contributed by atoms with Crippen molar-refractivity contribution in [3.05, 3.63) is 0 Å². The van der Waals surface area contributed by atoms with Gasteiger partial charge >= 0.3 is 0 Å². The van der Waals surface area contributed by atoms with E-state index in [1.807, 2.05) is 25.7 Å². The molecule has 26 heavy (non-hydrogen) atoms. The molecule has 6 nitrogen and oxygen atoms in total. The number of nitrogens with one attached hydrogen (secondary N) is 2. The number of nitrogens with zero attached hydrogens (tertiary/aromatic N) is 1. The number of amides is 2. The van der Waals surface area contributed by atoms with E-state index < -0.39 is 5.60 Å². The summed E-state index contributed by atoms with van der Waals surface area (Å²) in [7, 11) is 0. The minimum absolute atomic E-state index is 0.106. The van der Waals surface area contributed by atoms with Gasteiger partial charge in [0.1, 0.15) is 0 Å². The highest BCUT2D eigenvalue weighted by Gasteiger charge is 2.41. The molecule has 2 fully saturated rings. The zero-order chi connectivity index (χ0) is 19.2. The number of hydrogen-bond donors (Lipinski definition) is 3. The number of piperidine rings is 1. The van der Waals surface area contributed by atoms with Crippen molar-refractivity contribution in [2.45, 2.75) is 83.3 Å². The van der Waals surface area contributed by atoms with E-state index in [1.54, 1.807) is 0 Å². The Morgan fingerprint density at radius 3 is 2.58 bits per heavy atom. The minimum atomic E-state index is -1.38. The van der Waals surface area contributed by atoms with Gasteiger partial charge in [0.2, 0.25) is 5.91 Å². The van der Waals surface area contributed by atoms with E-state index in [0.717, 1.165) is 31.8 Å².